The van der Waals surface area contributed by atoms with Crippen LogP contribution in [0.5, 0.6) is 0 Å². The number of rotatable bonds is 58. The number of ether oxygens (including phenoxy) is 2. The zero-order chi connectivity index (χ0) is 55.6. The van der Waals surface area contributed by atoms with Crippen LogP contribution < -0.4 is 4.89 Å². The SMILES string of the molecule is CC/C=C\C/C=C\C/C=C\C/C=C\CCCCCCCCCCCCCCCCCCCCCCC(=O)OC(COC(=O)CCCCCCCCCCC/C=C\C/C=C\CCCCC)COP(=O)([O-])OCC[N+](C)(C)C. The van der Waals surface area contributed by atoms with E-state index in [1.165, 1.54) is 173 Å². The summed E-state index contributed by atoms with van der Waals surface area (Å²) >= 11 is 0. The molecule has 0 aliphatic rings. The number of nitrogens with zero attached hydrogens (tertiary/aromatic N) is 1. The molecule has 76 heavy (non-hydrogen) atoms. The summed E-state index contributed by atoms with van der Waals surface area (Å²) in [6, 6.07) is 0. The third-order valence-corrected chi connectivity index (χ3v) is 14.7. The number of phosphoric acid groups is 1. The molecule has 0 aromatic carbocycles. The van der Waals surface area contributed by atoms with E-state index in [4.69, 9.17) is 18.5 Å². The van der Waals surface area contributed by atoms with Crippen molar-refractivity contribution < 1.29 is 42.1 Å². The number of unbranched alkanes of at least 4 members (excludes halogenated alkanes) is 32. The van der Waals surface area contributed by atoms with Gasteiger partial charge in [0.25, 0.3) is 7.82 Å². The molecule has 442 valence electrons. The molecule has 0 heterocycles. The van der Waals surface area contributed by atoms with E-state index in [9.17, 15) is 19.0 Å². The molecule has 0 rings (SSSR count). The van der Waals surface area contributed by atoms with E-state index in [2.05, 4.69) is 86.8 Å². The van der Waals surface area contributed by atoms with Crippen molar-refractivity contribution in [3.8, 4) is 0 Å². The second-order valence-electron chi connectivity index (χ2n) is 22.4. The first-order chi connectivity index (χ1) is 37.0. The molecule has 0 spiro atoms. The molecule has 0 saturated carbocycles. The van der Waals surface area contributed by atoms with Crippen molar-refractivity contribution in [2.24, 2.45) is 0 Å². The molecule has 0 amide bonds. The Morgan fingerprint density at radius 2 is 0.750 bits per heavy atom. The van der Waals surface area contributed by atoms with Crippen LogP contribution in [-0.2, 0) is 32.7 Å². The minimum atomic E-state index is -4.64. The largest absolute Gasteiger partial charge is 0.756 e. The van der Waals surface area contributed by atoms with Crippen LogP contribution in [-0.4, -0.2) is 70.0 Å². The molecule has 9 nitrogen and oxygen atoms in total. The molecule has 0 fully saturated rings. The van der Waals surface area contributed by atoms with Crippen molar-refractivity contribution in [3.05, 3.63) is 72.9 Å². The number of hydrogen-bond acceptors (Lipinski definition) is 8. The fraction of sp³-hybridized carbons (Fsp3) is 0.788. The van der Waals surface area contributed by atoms with Gasteiger partial charge in [-0.25, -0.2) is 0 Å². The Kier molecular flexibility index (Phi) is 55.2. The molecular formula is C66H120NO8P. The topological polar surface area (TPSA) is 111 Å². The summed E-state index contributed by atoms with van der Waals surface area (Å²) in [7, 11) is 1.17. The molecule has 2 atom stereocenters. The first-order valence-corrected chi connectivity index (χ1v) is 33.1. The van der Waals surface area contributed by atoms with Gasteiger partial charge in [0.15, 0.2) is 6.10 Å². The highest BCUT2D eigenvalue weighted by Gasteiger charge is 2.22. The van der Waals surface area contributed by atoms with E-state index in [-0.39, 0.29) is 32.0 Å². The average molecular weight is 1090 g/mol. The van der Waals surface area contributed by atoms with Crippen LogP contribution in [0.4, 0.5) is 0 Å². The van der Waals surface area contributed by atoms with Gasteiger partial charge < -0.3 is 27.9 Å². The second kappa shape index (κ2) is 57.1. The minimum Gasteiger partial charge on any atom is -0.756 e. The minimum absolute atomic E-state index is 0.0319. The monoisotopic (exact) mass is 1090 g/mol. The van der Waals surface area contributed by atoms with Crippen LogP contribution in [0.25, 0.3) is 0 Å². The van der Waals surface area contributed by atoms with Crippen molar-refractivity contribution >= 4 is 19.8 Å². The summed E-state index contributed by atoms with van der Waals surface area (Å²) in [6.45, 7) is 4.13. The normalized spacial score (nSPS) is 13.7. The quantitative estimate of drug-likeness (QED) is 0.0195. The predicted octanol–water partition coefficient (Wildman–Crippen LogP) is 19.4. The van der Waals surface area contributed by atoms with Gasteiger partial charge in [0.2, 0.25) is 0 Å². The molecular weight excluding hydrogens is 966 g/mol. The summed E-state index contributed by atoms with van der Waals surface area (Å²) in [5.74, 6) is -0.829. The van der Waals surface area contributed by atoms with Gasteiger partial charge in [0.1, 0.15) is 19.8 Å². The number of phosphoric ester groups is 1. The standard InChI is InChI=1S/C66H120NO8P/c1-6-8-10-12-14-16-18-20-22-24-26-27-28-29-30-31-32-33-34-35-36-37-38-39-41-43-45-47-49-51-53-55-57-59-66(69)75-64(63-74-76(70,71)73-61-60-67(3,4)5)62-72-65(68)58-56-54-52-50-48-46-44-42-40-25-23-21-19-17-15-13-11-9-7-2/h8,10,14-17,20-23,26-27,64H,6-7,9,11-13,18-19,24-25,28-63H2,1-5H3/b10-8-,16-14-,17-15-,22-20-,23-21-,27-26-. The van der Waals surface area contributed by atoms with E-state index >= 15 is 0 Å². The summed E-state index contributed by atoms with van der Waals surface area (Å²) in [4.78, 5) is 37.9. The number of carbonyl (C=O) groups is 2. The number of carbonyl (C=O) groups excluding carboxylic acids is 2. The number of quaternary nitrogens is 1. The maximum absolute atomic E-state index is 12.8. The van der Waals surface area contributed by atoms with Crippen LogP contribution in [0.2, 0.25) is 0 Å². The molecule has 0 saturated heterocycles. The van der Waals surface area contributed by atoms with Gasteiger partial charge in [-0.05, 0) is 83.5 Å². The third-order valence-electron chi connectivity index (χ3n) is 13.7. The molecule has 0 radical (unpaired) electrons. The second-order valence-corrected chi connectivity index (χ2v) is 23.8. The molecule has 0 aliphatic heterocycles. The van der Waals surface area contributed by atoms with Crippen molar-refractivity contribution in [2.75, 3.05) is 47.5 Å². The molecule has 0 bridgehead atoms. The van der Waals surface area contributed by atoms with E-state index in [1.807, 2.05) is 21.1 Å². The van der Waals surface area contributed by atoms with Gasteiger partial charge in [-0.1, -0.05) is 260 Å². The lowest BCUT2D eigenvalue weighted by Crippen LogP contribution is -2.37. The highest BCUT2D eigenvalue weighted by Crippen LogP contribution is 2.38. The van der Waals surface area contributed by atoms with Crippen LogP contribution in [0.3, 0.4) is 0 Å². The van der Waals surface area contributed by atoms with E-state index in [1.54, 1.807) is 0 Å². The fourth-order valence-corrected chi connectivity index (χ4v) is 9.58. The van der Waals surface area contributed by atoms with E-state index in [0.717, 1.165) is 77.0 Å². The Bertz CT molecular complexity index is 1510. The van der Waals surface area contributed by atoms with Gasteiger partial charge in [0.05, 0.1) is 27.7 Å². The van der Waals surface area contributed by atoms with Gasteiger partial charge in [0, 0.05) is 12.8 Å². The summed E-state index contributed by atoms with van der Waals surface area (Å²) in [6.07, 6.45) is 75.3. The lowest BCUT2D eigenvalue weighted by Gasteiger charge is -2.28. The number of likely N-dealkylation sites (N-methyl/N-ethyl adjacent to an activating group) is 1. The van der Waals surface area contributed by atoms with Gasteiger partial charge in [-0.2, -0.15) is 0 Å². The predicted molar refractivity (Wildman–Crippen MR) is 323 cm³/mol. The summed E-state index contributed by atoms with van der Waals surface area (Å²) in [5, 5.41) is 0. The highest BCUT2D eigenvalue weighted by molar-refractivity contribution is 7.45. The Hall–Kier alpha value is -2.55. The smallest absolute Gasteiger partial charge is 0.306 e. The summed E-state index contributed by atoms with van der Waals surface area (Å²) in [5.41, 5.74) is 0. The number of hydrogen-bond donors (Lipinski definition) is 0. The maximum Gasteiger partial charge on any atom is 0.306 e. The van der Waals surface area contributed by atoms with E-state index < -0.39 is 26.5 Å². The summed E-state index contributed by atoms with van der Waals surface area (Å²) < 4.78 is 34.2. The zero-order valence-corrected chi connectivity index (χ0v) is 51.1. The zero-order valence-electron chi connectivity index (χ0n) is 50.2. The molecule has 10 heteroatoms. The van der Waals surface area contributed by atoms with Crippen molar-refractivity contribution in [2.45, 2.75) is 290 Å². The lowest BCUT2D eigenvalue weighted by atomic mass is 10.0. The van der Waals surface area contributed by atoms with Crippen molar-refractivity contribution in [1.82, 2.24) is 0 Å². The molecule has 0 aromatic rings. The Labute approximate surface area is 469 Å². The fourth-order valence-electron chi connectivity index (χ4n) is 8.86. The van der Waals surface area contributed by atoms with Crippen LogP contribution >= 0.6 is 7.82 Å². The molecule has 0 aromatic heterocycles. The van der Waals surface area contributed by atoms with Crippen LogP contribution in [0.1, 0.15) is 284 Å². The van der Waals surface area contributed by atoms with Crippen molar-refractivity contribution in [1.29, 1.82) is 0 Å². The number of allylic oxidation sites excluding steroid dienone is 12. The average Bonchev–Trinajstić information content (AvgIpc) is 3.38. The first-order valence-electron chi connectivity index (χ1n) is 31.6. The Morgan fingerprint density at radius 1 is 0.421 bits per heavy atom. The van der Waals surface area contributed by atoms with Gasteiger partial charge in [-0.15, -0.1) is 0 Å². The van der Waals surface area contributed by atoms with Crippen LogP contribution in [0.15, 0.2) is 72.9 Å². The first kappa shape index (κ1) is 73.5. The highest BCUT2D eigenvalue weighted by atomic mass is 31.2. The molecule has 0 N–H and O–H groups in total. The Morgan fingerprint density at radius 3 is 1.12 bits per heavy atom. The van der Waals surface area contributed by atoms with Gasteiger partial charge in [-0.3, -0.25) is 14.2 Å². The van der Waals surface area contributed by atoms with E-state index in [0.29, 0.717) is 17.4 Å². The van der Waals surface area contributed by atoms with Crippen molar-refractivity contribution in [3.63, 3.8) is 0 Å². The molecule has 0 aliphatic carbocycles. The Balaban J connectivity index is 4.03. The lowest BCUT2D eigenvalue weighted by molar-refractivity contribution is -0.870. The van der Waals surface area contributed by atoms with Gasteiger partial charge >= 0.3 is 11.9 Å². The van der Waals surface area contributed by atoms with Crippen LogP contribution in [0, 0.1) is 0 Å². The third kappa shape index (κ3) is 60.7. The molecule has 2 unspecified atom stereocenters. The maximum atomic E-state index is 12.8. The number of esters is 2.